The van der Waals surface area contributed by atoms with E-state index in [1.165, 1.54) is 15.2 Å². The molecule has 0 rings (SSSR count). The van der Waals surface area contributed by atoms with Crippen LogP contribution in [-0.4, -0.2) is 97.5 Å². The summed E-state index contributed by atoms with van der Waals surface area (Å²) in [7, 11) is 3.20. The smallest absolute Gasteiger partial charge is 0.0612 e. The number of nitrogens with zero attached hydrogens (tertiary/aromatic N) is 3. The zero-order chi connectivity index (χ0) is 20.6. The van der Waals surface area contributed by atoms with Crippen LogP contribution in [0.4, 0.5) is 0 Å². The average molecular weight is 384 g/mol. The van der Waals surface area contributed by atoms with E-state index < -0.39 is 0 Å². The molecule has 0 saturated heterocycles. The van der Waals surface area contributed by atoms with E-state index in [4.69, 9.17) is 25.1 Å². The van der Waals surface area contributed by atoms with Crippen LogP contribution in [0.3, 0.4) is 0 Å². The third kappa shape index (κ3) is 31.4. The van der Waals surface area contributed by atoms with Gasteiger partial charge in [0.25, 0.3) is 0 Å². The Labute approximate surface area is 161 Å². The summed E-state index contributed by atoms with van der Waals surface area (Å²) >= 11 is 0. The summed E-state index contributed by atoms with van der Waals surface area (Å²) in [5, 5.41) is 30.5. The SMILES string of the molecule is CCCCN(O)CCCC.CCN(O)CC.COCCN(O)CCOC. The highest BCUT2D eigenvalue weighted by Crippen LogP contribution is 1.94. The predicted octanol–water partition coefficient (Wildman–Crippen LogP) is 2.97. The van der Waals surface area contributed by atoms with Crippen molar-refractivity contribution in [1.29, 1.82) is 0 Å². The Morgan fingerprint density at radius 3 is 1.15 bits per heavy atom. The summed E-state index contributed by atoms with van der Waals surface area (Å²) in [4.78, 5) is 0. The normalized spacial score (nSPS) is 10.6. The zero-order valence-electron chi connectivity index (χ0n) is 18.0. The van der Waals surface area contributed by atoms with Gasteiger partial charge in [0.05, 0.1) is 13.2 Å². The van der Waals surface area contributed by atoms with Gasteiger partial charge >= 0.3 is 0 Å². The molecule has 0 fully saturated rings. The van der Waals surface area contributed by atoms with E-state index in [2.05, 4.69) is 13.8 Å². The van der Waals surface area contributed by atoms with Crippen LogP contribution in [-0.2, 0) is 9.47 Å². The highest BCUT2D eigenvalue weighted by molar-refractivity contribution is 4.44. The summed E-state index contributed by atoms with van der Waals surface area (Å²) < 4.78 is 9.50. The van der Waals surface area contributed by atoms with Crippen molar-refractivity contribution in [2.45, 2.75) is 53.4 Å². The first kappa shape index (κ1) is 30.4. The van der Waals surface area contributed by atoms with Gasteiger partial charge in [0.15, 0.2) is 0 Å². The Morgan fingerprint density at radius 2 is 0.923 bits per heavy atom. The molecule has 3 N–H and O–H groups in total. The molecule has 0 aliphatic heterocycles. The molecule has 0 saturated carbocycles. The van der Waals surface area contributed by atoms with E-state index >= 15 is 0 Å². The Kier molecular flexibility index (Phi) is 31.5. The van der Waals surface area contributed by atoms with Gasteiger partial charge in [0, 0.05) is 53.5 Å². The molecule has 162 valence electrons. The topological polar surface area (TPSA) is 88.9 Å². The first-order valence-electron chi connectivity index (χ1n) is 9.72. The maximum Gasteiger partial charge on any atom is 0.0612 e. The Bertz CT molecular complexity index is 201. The molecule has 0 aliphatic carbocycles. The van der Waals surface area contributed by atoms with Crippen molar-refractivity contribution in [2.24, 2.45) is 0 Å². The molecule has 0 unspecified atom stereocenters. The Morgan fingerprint density at radius 1 is 0.577 bits per heavy atom. The van der Waals surface area contributed by atoms with Crippen molar-refractivity contribution >= 4 is 0 Å². The van der Waals surface area contributed by atoms with Gasteiger partial charge in [-0.2, -0.15) is 15.2 Å². The fourth-order valence-corrected chi connectivity index (χ4v) is 1.52. The van der Waals surface area contributed by atoms with E-state index in [1.54, 1.807) is 14.2 Å². The Balaban J connectivity index is -0.000000316. The van der Waals surface area contributed by atoms with Crippen molar-refractivity contribution in [2.75, 3.05) is 66.7 Å². The van der Waals surface area contributed by atoms with Crippen LogP contribution in [0.15, 0.2) is 0 Å². The third-order valence-corrected chi connectivity index (χ3v) is 3.38. The summed E-state index contributed by atoms with van der Waals surface area (Å²) in [6, 6.07) is 0. The highest BCUT2D eigenvalue weighted by atomic mass is 16.5. The number of hydroxylamine groups is 6. The number of methoxy groups -OCH3 is 2. The Hall–Kier alpha value is -0.320. The molecule has 0 aromatic carbocycles. The fraction of sp³-hybridized carbons (Fsp3) is 1.00. The highest BCUT2D eigenvalue weighted by Gasteiger charge is 1.97. The maximum atomic E-state index is 9.14. The lowest BCUT2D eigenvalue weighted by Crippen LogP contribution is -2.27. The molecule has 8 heteroatoms. The summed E-state index contributed by atoms with van der Waals surface area (Å²) in [5.41, 5.74) is 0. The summed E-state index contributed by atoms with van der Waals surface area (Å²) in [6.07, 6.45) is 4.51. The number of ether oxygens (including phenoxy) is 2. The lowest BCUT2D eigenvalue weighted by molar-refractivity contribution is -0.110. The lowest BCUT2D eigenvalue weighted by atomic mass is 10.3. The van der Waals surface area contributed by atoms with Crippen molar-refractivity contribution in [3.63, 3.8) is 0 Å². The van der Waals surface area contributed by atoms with Gasteiger partial charge < -0.3 is 25.1 Å². The first-order chi connectivity index (χ1) is 12.4. The quantitative estimate of drug-likeness (QED) is 0.395. The van der Waals surface area contributed by atoms with Crippen molar-refractivity contribution in [3.05, 3.63) is 0 Å². The average Bonchev–Trinajstić information content (AvgIpc) is 2.67. The number of hydrogen-bond acceptors (Lipinski definition) is 8. The fourth-order valence-electron chi connectivity index (χ4n) is 1.52. The van der Waals surface area contributed by atoms with Crippen molar-refractivity contribution in [3.8, 4) is 0 Å². The third-order valence-electron chi connectivity index (χ3n) is 3.38. The van der Waals surface area contributed by atoms with Gasteiger partial charge in [-0.25, -0.2) is 0 Å². The minimum absolute atomic E-state index is 0.528. The summed E-state index contributed by atoms with van der Waals surface area (Å²) in [6.45, 7) is 13.3. The molecule has 0 atom stereocenters. The molecule has 0 heterocycles. The minimum Gasteiger partial charge on any atom is -0.383 e. The van der Waals surface area contributed by atoms with Crippen LogP contribution in [0.1, 0.15) is 53.4 Å². The van der Waals surface area contributed by atoms with Crippen LogP contribution in [0, 0.1) is 0 Å². The molecule has 0 spiro atoms. The maximum absolute atomic E-state index is 9.14. The molecule has 0 aliphatic rings. The van der Waals surface area contributed by atoms with Crippen molar-refractivity contribution in [1.82, 2.24) is 15.2 Å². The zero-order valence-corrected chi connectivity index (χ0v) is 18.0. The van der Waals surface area contributed by atoms with Gasteiger partial charge in [-0.05, 0) is 12.8 Å². The second-order valence-corrected chi connectivity index (χ2v) is 5.74. The number of unbranched alkanes of at least 4 members (excludes halogenated alkanes) is 2. The van der Waals surface area contributed by atoms with E-state index in [1.807, 2.05) is 13.8 Å². The van der Waals surface area contributed by atoms with Crippen molar-refractivity contribution < 1.29 is 25.1 Å². The molecular weight excluding hydrogens is 338 g/mol. The molecule has 8 nitrogen and oxygen atoms in total. The van der Waals surface area contributed by atoms with Crippen LogP contribution in [0.5, 0.6) is 0 Å². The summed E-state index contributed by atoms with van der Waals surface area (Å²) in [5.74, 6) is 0. The van der Waals surface area contributed by atoms with Crippen LogP contribution >= 0.6 is 0 Å². The van der Waals surface area contributed by atoms with Crippen LogP contribution < -0.4 is 0 Å². The second kappa shape index (κ2) is 26.9. The van der Waals surface area contributed by atoms with Gasteiger partial charge in [-0.3, -0.25) is 0 Å². The predicted molar refractivity (Wildman–Crippen MR) is 105 cm³/mol. The minimum atomic E-state index is 0.528. The van der Waals surface area contributed by atoms with Gasteiger partial charge in [-0.1, -0.05) is 40.5 Å². The molecule has 0 amide bonds. The molecule has 0 aromatic heterocycles. The molecular formula is C18H45N3O5. The molecule has 26 heavy (non-hydrogen) atoms. The first-order valence-corrected chi connectivity index (χ1v) is 9.72. The van der Waals surface area contributed by atoms with E-state index in [0.29, 0.717) is 26.3 Å². The van der Waals surface area contributed by atoms with Crippen LogP contribution in [0.2, 0.25) is 0 Å². The van der Waals surface area contributed by atoms with E-state index in [-0.39, 0.29) is 0 Å². The number of hydrogen-bond donors (Lipinski definition) is 3. The van der Waals surface area contributed by atoms with Gasteiger partial charge in [0.2, 0.25) is 0 Å². The number of rotatable bonds is 14. The van der Waals surface area contributed by atoms with Gasteiger partial charge in [-0.15, -0.1) is 0 Å². The molecule has 0 radical (unpaired) electrons. The van der Waals surface area contributed by atoms with Crippen LogP contribution in [0.25, 0.3) is 0 Å². The lowest BCUT2D eigenvalue weighted by Gasteiger charge is -2.12. The largest absolute Gasteiger partial charge is 0.383 e. The van der Waals surface area contributed by atoms with E-state index in [0.717, 1.165) is 51.9 Å². The second-order valence-electron chi connectivity index (χ2n) is 5.74. The van der Waals surface area contributed by atoms with E-state index in [9.17, 15) is 0 Å². The molecule has 0 aromatic rings. The molecule has 0 bridgehead atoms. The monoisotopic (exact) mass is 383 g/mol. The van der Waals surface area contributed by atoms with Gasteiger partial charge in [0.1, 0.15) is 0 Å². The standard InChI is InChI=1S/C8H19NO.C6H15NO3.C4H11NO/c1-3-5-7-9(10)8-6-4-2;1-9-5-3-7(8)4-6-10-2;1-3-5(6)4-2/h10H,3-8H2,1-2H3;8H,3-6H2,1-2H3;6H,3-4H2,1-2H3.